The number of likely N-dealkylation sites (N-methyl/N-ethyl adjacent to an activating group) is 1. The normalized spacial score (nSPS) is 14.4. The molecular formula is C18H20BrClN2O3. The van der Waals surface area contributed by atoms with Crippen molar-refractivity contribution in [3.63, 3.8) is 0 Å². The first-order valence-corrected chi connectivity index (χ1v) is 8.36. The van der Waals surface area contributed by atoms with Gasteiger partial charge in [-0.25, -0.2) is 0 Å². The summed E-state index contributed by atoms with van der Waals surface area (Å²) in [6, 6.07) is 13.1. The second-order valence-corrected chi connectivity index (χ2v) is 6.97. The predicted octanol–water partition coefficient (Wildman–Crippen LogP) is 3.43. The predicted molar refractivity (Wildman–Crippen MR) is 102 cm³/mol. The van der Waals surface area contributed by atoms with Gasteiger partial charge in [-0.2, -0.15) is 0 Å². The number of nitrogens with zero attached hydrogens (tertiary/aromatic N) is 1. The molecule has 1 amide bonds. The van der Waals surface area contributed by atoms with Crippen molar-refractivity contribution >= 4 is 34.2 Å². The molecule has 0 spiro atoms. The molecule has 0 saturated heterocycles. The molecular weight excluding hydrogens is 408 g/mol. The van der Waals surface area contributed by atoms with Gasteiger partial charge < -0.3 is 20.1 Å². The summed E-state index contributed by atoms with van der Waals surface area (Å²) < 4.78 is 11.6. The van der Waals surface area contributed by atoms with Gasteiger partial charge in [0.15, 0.2) is 11.5 Å². The minimum Gasteiger partial charge on any atom is -0.454 e. The quantitative estimate of drug-likeness (QED) is 0.812. The largest absolute Gasteiger partial charge is 0.454 e. The van der Waals surface area contributed by atoms with Gasteiger partial charge in [-0.1, -0.05) is 34.1 Å². The summed E-state index contributed by atoms with van der Waals surface area (Å²) >= 11 is 3.39. The molecule has 0 aliphatic carbocycles. The van der Waals surface area contributed by atoms with Crippen LogP contribution >= 0.6 is 28.3 Å². The van der Waals surface area contributed by atoms with Gasteiger partial charge in [0.25, 0.3) is 0 Å². The Bertz CT molecular complexity index is 765. The average Bonchev–Trinajstić information content (AvgIpc) is 3.02. The molecule has 1 atom stereocenters. The number of hydrogen-bond donors (Lipinski definition) is 1. The maximum absolute atomic E-state index is 12.8. The summed E-state index contributed by atoms with van der Waals surface area (Å²) in [5.74, 6) is 1.28. The van der Waals surface area contributed by atoms with E-state index in [9.17, 15) is 4.79 Å². The van der Waals surface area contributed by atoms with Crippen molar-refractivity contribution in [1.82, 2.24) is 4.90 Å². The minimum absolute atomic E-state index is 0. The Hall–Kier alpha value is -1.76. The summed E-state index contributed by atoms with van der Waals surface area (Å²) in [4.78, 5) is 14.4. The van der Waals surface area contributed by atoms with Gasteiger partial charge in [-0.05, 0) is 42.3 Å². The van der Waals surface area contributed by atoms with Crippen molar-refractivity contribution in [2.75, 3.05) is 13.8 Å². The second-order valence-electron chi connectivity index (χ2n) is 6.06. The van der Waals surface area contributed by atoms with E-state index in [1.165, 1.54) is 0 Å². The van der Waals surface area contributed by atoms with E-state index in [-0.39, 0.29) is 25.1 Å². The summed E-state index contributed by atoms with van der Waals surface area (Å²) in [5.41, 5.74) is 6.97. The highest BCUT2D eigenvalue weighted by atomic mass is 79.9. The zero-order valence-electron chi connectivity index (χ0n) is 14.0. The molecule has 0 saturated carbocycles. The Kier molecular flexibility index (Phi) is 5.98. The lowest BCUT2D eigenvalue weighted by molar-refractivity contribution is -0.136. The SMILES string of the molecule is CN(Cc1ccc2c(c1)OCO2)C(=O)C(C)(N)c1ccc(Br)cc1.Cl. The van der Waals surface area contributed by atoms with Gasteiger partial charge in [0.2, 0.25) is 12.7 Å². The fourth-order valence-corrected chi connectivity index (χ4v) is 2.97. The van der Waals surface area contributed by atoms with Crippen LogP contribution in [0.2, 0.25) is 0 Å². The molecule has 0 fully saturated rings. The molecule has 2 N–H and O–H groups in total. The van der Waals surface area contributed by atoms with Crippen LogP contribution in [0.15, 0.2) is 46.9 Å². The van der Waals surface area contributed by atoms with Crippen LogP contribution in [-0.4, -0.2) is 24.6 Å². The molecule has 1 aliphatic heterocycles. The van der Waals surface area contributed by atoms with Crippen molar-refractivity contribution in [2.45, 2.75) is 19.0 Å². The highest BCUT2D eigenvalue weighted by Crippen LogP contribution is 2.33. The van der Waals surface area contributed by atoms with Crippen LogP contribution in [0.3, 0.4) is 0 Å². The Balaban J connectivity index is 0.00000225. The molecule has 1 unspecified atom stereocenters. The Morgan fingerprint density at radius 2 is 1.84 bits per heavy atom. The number of hydrogen-bond acceptors (Lipinski definition) is 4. The number of fused-ring (bicyclic) bond motifs is 1. The first-order chi connectivity index (χ1) is 11.4. The number of nitrogens with two attached hydrogens (primary N) is 1. The molecule has 1 heterocycles. The number of amides is 1. The minimum atomic E-state index is -1.09. The molecule has 0 radical (unpaired) electrons. The number of rotatable bonds is 4. The lowest BCUT2D eigenvalue weighted by Gasteiger charge is -2.30. The Morgan fingerprint density at radius 1 is 1.20 bits per heavy atom. The monoisotopic (exact) mass is 426 g/mol. The van der Waals surface area contributed by atoms with Crippen LogP contribution in [0.4, 0.5) is 0 Å². The third-order valence-corrected chi connectivity index (χ3v) is 4.62. The van der Waals surface area contributed by atoms with E-state index in [1.54, 1.807) is 18.9 Å². The molecule has 0 aromatic heterocycles. The van der Waals surface area contributed by atoms with Crippen LogP contribution in [0, 0.1) is 0 Å². The molecule has 5 nitrogen and oxygen atoms in total. The first-order valence-electron chi connectivity index (χ1n) is 7.57. The maximum atomic E-state index is 12.8. The van der Waals surface area contributed by atoms with Gasteiger partial charge in [-0.3, -0.25) is 4.79 Å². The van der Waals surface area contributed by atoms with Gasteiger partial charge >= 0.3 is 0 Å². The van der Waals surface area contributed by atoms with E-state index >= 15 is 0 Å². The van der Waals surface area contributed by atoms with Gasteiger partial charge in [0, 0.05) is 18.1 Å². The maximum Gasteiger partial charge on any atom is 0.247 e. The second kappa shape index (κ2) is 7.64. The van der Waals surface area contributed by atoms with E-state index in [0.717, 1.165) is 21.3 Å². The summed E-state index contributed by atoms with van der Waals surface area (Å²) in [7, 11) is 1.75. The third kappa shape index (κ3) is 4.08. The fourth-order valence-electron chi connectivity index (χ4n) is 2.70. The number of carbonyl (C=O) groups is 1. The summed E-state index contributed by atoms with van der Waals surface area (Å²) in [6.45, 7) is 2.41. The standard InChI is InChI=1S/C18H19BrN2O3.ClH/c1-18(20,13-4-6-14(19)7-5-13)17(22)21(2)10-12-3-8-15-16(9-12)24-11-23-15;/h3-9H,10-11,20H2,1-2H3;1H. The molecule has 0 bridgehead atoms. The Morgan fingerprint density at radius 3 is 2.52 bits per heavy atom. The van der Waals surface area contributed by atoms with E-state index < -0.39 is 5.54 Å². The lowest BCUT2D eigenvalue weighted by Crippen LogP contribution is -2.49. The third-order valence-electron chi connectivity index (χ3n) is 4.09. The van der Waals surface area contributed by atoms with Crippen LogP contribution in [0.1, 0.15) is 18.1 Å². The molecule has 134 valence electrons. The zero-order chi connectivity index (χ0) is 17.3. The van der Waals surface area contributed by atoms with Gasteiger partial charge in [-0.15, -0.1) is 12.4 Å². The highest BCUT2D eigenvalue weighted by molar-refractivity contribution is 9.10. The average molecular weight is 428 g/mol. The molecule has 25 heavy (non-hydrogen) atoms. The molecule has 2 aromatic rings. The van der Waals surface area contributed by atoms with E-state index in [4.69, 9.17) is 15.2 Å². The summed E-state index contributed by atoms with van der Waals surface area (Å²) in [5, 5.41) is 0. The van der Waals surface area contributed by atoms with Crippen molar-refractivity contribution < 1.29 is 14.3 Å². The summed E-state index contributed by atoms with van der Waals surface area (Å²) in [6.07, 6.45) is 0. The fraction of sp³-hybridized carbons (Fsp3) is 0.278. The molecule has 3 rings (SSSR count). The number of benzene rings is 2. The van der Waals surface area contributed by atoms with Crippen molar-refractivity contribution in [2.24, 2.45) is 5.73 Å². The topological polar surface area (TPSA) is 64.8 Å². The van der Waals surface area contributed by atoms with Crippen molar-refractivity contribution in [1.29, 1.82) is 0 Å². The number of ether oxygens (including phenoxy) is 2. The number of halogens is 2. The van der Waals surface area contributed by atoms with Crippen LogP contribution in [0.5, 0.6) is 11.5 Å². The van der Waals surface area contributed by atoms with Crippen molar-refractivity contribution in [3.8, 4) is 11.5 Å². The lowest BCUT2D eigenvalue weighted by atomic mass is 9.91. The molecule has 7 heteroatoms. The van der Waals surface area contributed by atoms with E-state index in [1.807, 2.05) is 42.5 Å². The van der Waals surface area contributed by atoms with Crippen LogP contribution < -0.4 is 15.2 Å². The number of carbonyl (C=O) groups excluding carboxylic acids is 1. The Labute approximate surface area is 161 Å². The van der Waals surface area contributed by atoms with E-state index in [2.05, 4.69) is 15.9 Å². The first kappa shape index (κ1) is 19.6. The zero-order valence-corrected chi connectivity index (χ0v) is 16.4. The highest BCUT2D eigenvalue weighted by Gasteiger charge is 2.33. The van der Waals surface area contributed by atoms with E-state index in [0.29, 0.717) is 12.3 Å². The van der Waals surface area contributed by atoms with Gasteiger partial charge in [0.1, 0.15) is 5.54 Å². The molecule has 1 aliphatic rings. The smallest absolute Gasteiger partial charge is 0.247 e. The van der Waals surface area contributed by atoms with Crippen LogP contribution in [-0.2, 0) is 16.9 Å². The van der Waals surface area contributed by atoms with Gasteiger partial charge in [0.05, 0.1) is 0 Å². The molecule has 2 aromatic carbocycles. The van der Waals surface area contributed by atoms with Crippen LogP contribution in [0.25, 0.3) is 0 Å². The van der Waals surface area contributed by atoms with Crippen molar-refractivity contribution in [3.05, 3.63) is 58.1 Å².